The molecule has 122 valence electrons. The first kappa shape index (κ1) is 15.4. The second-order valence-corrected chi connectivity index (χ2v) is 5.50. The molecular formula is C17H20N2O4. The first-order chi connectivity index (χ1) is 11.2. The fraction of sp³-hybridized carbons (Fsp3) is 0.412. The monoisotopic (exact) mass is 316 g/mol. The highest BCUT2D eigenvalue weighted by Crippen LogP contribution is 2.21. The van der Waals surface area contributed by atoms with E-state index in [0.717, 1.165) is 16.5 Å². The van der Waals surface area contributed by atoms with Crippen molar-refractivity contribution in [1.29, 1.82) is 0 Å². The molecule has 1 saturated heterocycles. The van der Waals surface area contributed by atoms with Gasteiger partial charge in [-0.1, -0.05) is 18.2 Å². The lowest BCUT2D eigenvalue weighted by Gasteiger charge is -2.34. The van der Waals surface area contributed by atoms with Gasteiger partial charge in [-0.15, -0.1) is 0 Å². The summed E-state index contributed by atoms with van der Waals surface area (Å²) in [4.78, 5) is 27.6. The molecule has 1 aromatic heterocycles. The largest absolute Gasteiger partial charge is 0.464 e. The Hall–Kier alpha value is -2.50. The predicted molar refractivity (Wildman–Crippen MR) is 85.1 cm³/mol. The van der Waals surface area contributed by atoms with Crippen LogP contribution in [0.3, 0.4) is 0 Å². The lowest BCUT2D eigenvalue weighted by molar-refractivity contribution is -0.132. The average molecular weight is 316 g/mol. The third-order valence-corrected chi connectivity index (χ3v) is 4.06. The van der Waals surface area contributed by atoms with E-state index in [1.54, 1.807) is 23.0 Å². The van der Waals surface area contributed by atoms with Crippen LogP contribution in [0.15, 0.2) is 34.9 Å². The zero-order valence-corrected chi connectivity index (χ0v) is 13.2. The molecule has 1 aliphatic rings. The molecule has 0 spiro atoms. The maximum atomic E-state index is 12.5. The van der Waals surface area contributed by atoms with Crippen molar-refractivity contribution in [1.82, 2.24) is 9.80 Å². The number of furan rings is 1. The molecule has 2 amide bonds. The number of ether oxygens (including phenoxy) is 1. The van der Waals surface area contributed by atoms with Crippen LogP contribution in [0, 0.1) is 0 Å². The predicted octanol–water partition coefficient (Wildman–Crippen LogP) is 2.28. The summed E-state index contributed by atoms with van der Waals surface area (Å²) in [6.45, 7) is 4.24. The number of benzene rings is 1. The van der Waals surface area contributed by atoms with Gasteiger partial charge in [0.1, 0.15) is 5.58 Å². The summed E-state index contributed by atoms with van der Waals surface area (Å²) in [7, 11) is 0. The molecule has 1 fully saturated rings. The van der Waals surface area contributed by atoms with Gasteiger partial charge in [0.05, 0.1) is 19.3 Å². The molecule has 0 aliphatic carbocycles. The molecule has 0 atom stereocenters. The molecule has 23 heavy (non-hydrogen) atoms. The van der Waals surface area contributed by atoms with E-state index in [2.05, 4.69) is 0 Å². The molecule has 1 aromatic carbocycles. The highest BCUT2D eigenvalue weighted by atomic mass is 16.6. The van der Waals surface area contributed by atoms with E-state index in [1.165, 1.54) is 0 Å². The van der Waals surface area contributed by atoms with Gasteiger partial charge in [-0.25, -0.2) is 4.79 Å². The van der Waals surface area contributed by atoms with E-state index in [0.29, 0.717) is 39.2 Å². The van der Waals surface area contributed by atoms with Crippen LogP contribution in [0.2, 0.25) is 0 Å². The third kappa shape index (κ3) is 3.31. The van der Waals surface area contributed by atoms with Crippen LogP contribution < -0.4 is 0 Å². The maximum absolute atomic E-state index is 12.5. The number of nitrogens with zero attached hydrogens (tertiary/aromatic N) is 2. The lowest BCUT2D eigenvalue weighted by atomic mass is 10.1. The number of piperazine rings is 1. The Labute approximate surface area is 134 Å². The van der Waals surface area contributed by atoms with Crippen molar-refractivity contribution in [2.24, 2.45) is 0 Å². The third-order valence-electron chi connectivity index (χ3n) is 4.06. The van der Waals surface area contributed by atoms with Gasteiger partial charge in [0.2, 0.25) is 5.91 Å². The molecular weight excluding hydrogens is 296 g/mol. The number of fused-ring (bicyclic) bond motifs is 1. The van der Waals surface area contributed by atoms with Crippen LogP contribution in [0.25, 0.3) is 11.0 Å². The Kier molecular flexibility index (Phi) is 4.50. The number of carbonyl (C=O) groups excluding carboxylic acids is 2. The number of hydrogen-bond donors (Lipinski definition) is 0. The SMILES string of the molecule is CCOC(=O)N1CCN(C(=O)Cc2coc3ccccc23)CC1. The number of para-hydroxylation sites is 1. The highest BCUT2D eigenvalue weighted by molar-refractivity contribution is 5.87. The number of carbonyl (C=O) groups is 2. The minimum atomic E-state index is -0.305. The van der Waals surface area contributed by atoms with Gasteiger partial charge in [0.15, 0.2) is 0 Å². The van der Waals surface area contributed by atoms with E-state index in [4.69, 9.17) is 9.15 Å². The van der Waals surface area contributed by atoms with Crippen LogP contribution in [0.5, 0.6) is 0 Å². The van der Waals surface area contributed by atoms with Crippen LogP contribution in [0.4, 0.5) is 4.79 Å². The van der Waals surface area contributed by atoms with Gasteiger partial charge in [-0.3, -0.25) is 4.79 Å². The van der Waals surface area contributed by atoms with Crippen molar-refractivity contribution < 1.29 is 18.7 Å². The summed E-state index contributed by atoms with van der Waals surface area (Å²) in [5.41, 5.74) is 1.70. The molecule has 2 heterocycles. The Balaban J connectivity index is 1.59. The van der Waals surface area contributed by atoms with Crippen molar-refractivity contribution in [2.45, 2.75) is 13.3 Å². The summed E-state index contributed by atoms with van der Waals surface area (Å²) in [6.07, 6.45) is 1.66. The molecule has 6 nitrogen and oxygen atoms in total. The van der Waals surface area contributed by atoms with Crippen molar-refractivity contribution in [2.75, 3.05) is 32.8 Å². The zero-order valence-electron chi connectivity index (χ0n) is 13.2. The Bertz CT molecular complexity index is 701. The first-order valence-electron chi connectivity index (χ1n) is 7.83. The molecule has 0 unspecified atom stereocenters. The summed E-state index contributed by atoms with van der Waals surface area (Å²) in [5, 5.41) is 0.978. The Morgan fingerprint density at radius 1 is 1.13 bits per heavy atom. The van der Waals surface area contributed by atoms with Crippen molar-refractivity contribution in [3.05, 3.63) is 36.1 Å². The second-order valence-electron chi connectivity index (χ2n) is 5.50. The molecule has 0 N–H and O–H groups in total. The fourth-order valence-corrected chi connectivity index (χ4v) is 2.80. The van der Waals surface area contributed by atoms with Gasteiger partial charge in [-0.05, 0) is 13.0 Å². The van der Waals surface area contributed by atoms with E-state index >= 15 is 0 Å². The number of rotatable bonds is 3. The quantitative estimate of drug-likeness (QED) is 0.871. The van der Waals surface area contributed by atoms with Crippen molar-refractivity contribution >= 4 is 23.0 Å². The van der Waals surface area contributed by atoms with Gasteiger partial charge in [0, 0.05) is 37.1 Å². The van der Waals surface area contributed by atoms with E-state index in [-0.39, 0.29) is 12.0 Å². The minimum absolute atomic E-state index is 0.0556. The average Bonchev–Trinajstić information content (AvgIpc) is 2.98. The summed E-state index contributed by atoms with van der Waals surface area (Å²) in [5.74, 6) is 0.0556. The highest BCUT2D eigenvalue weighted by Gasteiger charge is 2.25. The smallest absolute Gasteiger partial charge is 0.409 e. The lowest BCUT2D eigenvalue weighted by Crippen LogP contribution is -2.51. The van der Waals surface area contributed by atoms with E-state index < -0.39 is 0 Å². The van der Waals surface area contributed by atoms with Gasteiger partial charge >= 0.3 is 6.09 Å². The summed E-state index contributed by atoms with van der Waals surface area (Å²) < 4.78 is 10.5. The summed E-state index contributed by atoms with van der Waals surface area (Å²) in [6, 6.07) is 7.69. The number of amides is 2. The molecule has 6 heteroatoms. The molecule has 0 saturated carbocycles. The number of hydrogen-bond acceptors (Lipinski definition) is 4. The fourth-order valence-electron chi connectivity index (χ4n) is 2.80. The van der Waals surface area contributed by atoms with Crippen LogP contribution in [0.1, 0.15) is 12.5 Å². The van der Waals surface area contributed by atoms with Crippen molar-refractivity contribution in [3.63, 3.8) is 0 Å². The standard InChI is InChI=1S/C17H20N2O4/c1-2-22-17(21)19-9-7-18(8-10-19)16(20)11-13-12-23-15-6-4-3-5-14(13)15/h3-6,12H,2,7-11H2,1H3. The Morgan fingerprint density at radius 2 is 1.83 bits per heavy atom. The topological polar surface area (TPSA) is 63.0 Å². The maximum Gasteiger partial charge on any atom is 0.409 e. The molecule has 3 rings (SSSR count). The molecule has 1 aliphatic heterocycles. The van der Waals surface area contributed by atoms with E-state index in [1.807, 2.05) is 24.3 Å². The molecule has 2 aromatic rings. The zero-order chi connectivity index (χ0) is 16.2. The minimum Gasteiger partial charge on any atom is -0.464 e. The molecule has 0 radical (unpaired) electrons. The van der Waals surface area contributed by atoms with Crippen LogP contribution in [-0.4, -0.2) is 54.6 Å². The van der Waals surface area contributed by atoms with Crippen molar-refractivity contribution in [3.8, 4) is 0 Å². The van der Waals surface area contributed by atoms with E-state index in [9.17, 15) is 9.59 Å². The van der Waals surface area contributed by atoms with Crippen LogP contribution in [-0.2, 0) is 16.0 Å². The Morgan fingerprint density at radius 3 is 2.57 bits per heavy atom. The second kappa shape index (κ2) is 6.73. The van der Waals surface area contributed by atoms with Gasteiger partial charge in [-0.2, -0.15) is 0 Å². The summed E-state index contributed by atoms with van der Waals surface area (Å²) >= 11 is 0. The first-order valence-corrected chi connectivity index (χ1v) is 7.83. The van der Waals surface area contributed by atoms with Gasteiger partial charge in [0.25, 0.3) is 0 Å². The van der Waals surface area contributed by atoms with Crippen LogP contribution >= 0.6 is 0 Å². The molecule has 0 bridgehead atoms. The normalized spacial score (nSPS) is 15.0. The van der Waals surface area contributed by atoms with Gasteiger partial charge < -0.3 is 19.0 Å².